The van der Waals surface area contributed by atoms with Crippen LogP contribution in [0.3, 0.4) is 0 Å². The van der Waals surface area contributed by atoms with Crippen molar-refractivity contribution in [3.05, 3.63) is 35.9 Å². The van der Waals surface area contributed by atoms with Crippen molar-refractivity contribution >= 4 is 5.91 Å². The number of hydrogen-bond donors (Lipinski definition) is 1. The van der Waals surface area contributed by atoms with E-state index in [1.165, 1.54) is 25.9 Å². The fraction of sp³-hybridized carbons (Fsp3) is 0.417. The van der Waals surface area contributed by atoms with Crippen LogP contribution in [0.1, 0.15) is 23.2 Å². The number of amides is 1. The normalized spacial score (nSPS) is 15.5. The largest absolute Gasteiger partial charge is 0.366 e. The van der Waals surface area contributed by atoms with Gasteiger partial charge in [0.05, 0.1) is 0 Å². The Kier molecular flexibility index (Phi) is 4.84. The van der Waals surface area contributed by atoms with E-state index < -0.39 is 0 Å². The van der Waals surface area contributed by atoms with E-state index in [9.17, 15) is 4.79 Å². The van der Waals surface area contributed by atoms with Crippen LogP contribution in [0.25, 0.3) is 0 Å². The van der Waals surface area contributed by atoms with Gasteiger partial charge in [-0.1, -0.05) is 18.2 Å². The first-order chi connectivity index (χ1) is 7.20. The molecule has 0 aliphatic carbocycles. The van der Waals surface area contributed by atoms with E-state index >= 15 is 0 Å². The Labute approximate surface area is 90.9 Å². The van der Waals surface area contributed by atoms with Crippen LogP contribution >= 0.6 is 0 Å². The second-order valence-corrected chi connectivity index (χ2v) is 3.74. The maximum atomic E-state index is 10.4. The number of hydrogen-bond acceptors (Lipinski definition) is 2. The van der Waals surface area contributed by atoms with E-state index in [1.807, 2.05) is 6.07 Å². The van der Waals surface area contributed by atoms with Crippen molar-refractivity contribution in [2.45, 2.75) is 12.8 Å². The highest BCUT2D eigenvalue weighted by Crippen LogP contribution is 2.02. The fourth-order valence-electron chi connectivity index (χ4n) is 1.48. The molecule has 0 bridgehead atoms. The lowest BCUT2D eigenvalue weighted by atomic mass is 10.2. The minimum atomic E-state index is -0.379. The van der Waals surface area contributed by atoms with Gasteiger partial charge < -0.3 is 10.6 Å². The first-order valence-electron chi connectivity index (χ1n) is 5.23. The van der Waals surface area contributed by atoms with Crippen molar-refractivity contribution in [2.75, 3.05) is 20.1 Å². The van der Waals surface area contributed by atoms with Crippen LogP contribution in [0.5, 0.6) is 0 Å². The maximum Gasteiger partial charge on any atom is 0.248 e. The molecule has 1 aromatic carbocycles. The molecule has 0 aromatic heterocycles. The smallest absolute Gasteiger partial charge is 0.248 e. The molecule has 1 fully saturated rings. The number of rotatable bonds is 1. The third-order valence-electron chi connectivity index (χ3n) is 2.39. The highest BCUT2D eigenvalue weighted by molar-refractivity contribution is 5.92. The fourth-order valence-corrected chi connectivity index (χ4v) is 1.48. The van der Waals surface area contributed by atoms with Gasteiger partial charge in [0.1, 0.15) is 0 Å². The summed E-state index contributed by atoms with van der Waals surface area (Å²) in [6.07, 6.45) is 2.83. The van der Waals surface area contributed by atoms with E-state index in [4.69, 9.17) is 5.73 Å². The van der Waals surface area contributed by atoms with Gasteiger partial charge in [0, 0.05) is 5.56 Å². The van der Waals surface area contributed by atoms with Crippen LogP contribution in [0.2, 0.25) is 0 Å². The summed E-state index contributed by atoms with van der Waals surface area (Å²) in [4.78, 5) is 12.8. The number of nitrogens with zero attached hydrogens (tertiary/aromatic N) is 1. The number of likely N-dealkylation sites (tertiary alicyclic amines) is 1. The van der Waals surface area contributed by atoms with Crippen molar-refractivity contribution in [1.82, 2.24) is 4.90 Å². The second kappa shape index (κ2) is 6.19. The molecule has 0 unspecified atom stereocenters. The number of carbonyl (C=O) groups is 1. The molecule has 0 atom stereocenters. The minimum Gasteiger partial charge on any atom is -0.366 e. The van der Waals surface area contributed by atoms with Crippen LogP contribution in [-0.4, -0.2) is 30.9 Å². The SMILES string of the molecule is CN1CCCC1.NC(=O)c1ccccc1. The quantitative estimate of drug-likeness (QED) is 0.757. The van der Waals surface area contributed by atoms with Crippen molar-refractivity contribution in [1.29, 1.82) is 0 Å². The molecule has 0 radical (unpaired) electrons. The summed E-state index contributed by atoms with van der Waals surface area (Å²) < 4.78 is 0. The molecule has 0 saturated carbocycles. The summed E-state index contributed by atoms with van der Waals surface area (Å²) in [6.45, 7) is 2.64. The third-order valence-corrected chi connectivity index (χ3v) is 2.39. The monoisotopic (exact) mass is 206 g/mol. The molecule has 2 N–H and O–H groups in total. The number of benzene rings is 1. The Hall–Kier alpha value is -1.35. The Balaban J connectivity index is 0.000000162. The van der Waals surface area contributed by atoms with Crippen LogP contribution in [0.4, 0.5) is 0 Å². The van der Waals surface area contributed by atoms with E-state index in [0.717, 1.165) is 0 Å². The summed E-state index contributed by atoms with van der Waals surface area (Å²) >= 11 is 0. The van der Waals surface area contributed by atoms with Crippen molar-refractivity contribution in [2.24, 2.45) is 5.73 Å². The standard InChI is InChI=1S/C7H7NO.C5H11N/c8-7(9)6-4-2-1-3-5-6;1-6-4-2-3-5-6/h1-5H,(H2,8,9);2-5H2,1H3. The predicted octanol–water partition coefficient (Wildman–Crippen LogP) is 1.50. The molecule has 2 rings (SSSR count). The zero-order valence-electron chi connectivity index (χ0n) is 9.15. The topological polar surface area (TPSA) is 46.3 Å². The molecule has 82 valence electrons. The van der Waals surface area contributed by atoms with Gasteiger partial charge in [0.2, 0.25) is 5.91 Å². The molecule has 0 spiro atoms. The molecule has 3 heteroatoms. The van der Waals surface area contributed by atoms with Gasteiger partial charge in [0.15, 0.2) is 0 Å². The van der Waals surface area contributed by atoms with Gasteiger partial charge in [-0.15, -0.1) is 0 Å². The highest BCUT2D eigenvalue weighted by atomic mass is 16.1. The third kappa shape index (κ3) is 4.61. The molecule has 3 nitrogen and oxygen atoms in total. The molecular formula is C12H18N2O. The van der Waals surface area contributed by atoms with Crippen LogP contribution < -0.4 is 5.73 Å². The van der Waals surface area contributed by atoms with Crippen LogP contribution in [-0.2, 0) is 0 Å². The first-order valence-corrected chi connectivity index (χ1v) is 5.23. The number of nitrogens with two attached hydrogens (primary N) is 1. The average Bonchev–Trinajstić information content (AvgIpc) is 2.71. The zero-order chi connectivity index (χ0) is 11.1. The van der Waals surface area contributed by atoms with Crippen LogP contribution in [0.15, 0.2) is 30.3 Å². The van der Waals surface area contributed by atoms with Gasteiger partial charge in [-0.2, -0.15) is 0 Å². The Bertz CT molecular complexity index is 292. The van der Waals surface area contributed by atoms with Gasteiger partial charge in [-0.05, 0) is 45.1 Å². The second-order valence-electron chi connectivity index (χ2n) is 3.74. The van der Waals surface area contributed by atoms with Crippen molar-refractivity contribution in [3.8, 4) is 0 Å². The average molecular weight is 206 g/mol. The molecule has 1 amide bonds. The highest BCUT2D eigenvalue weighted by Gasteiger charge is 2.03. The summed E-state index contributed by atoms with van der Waals surface area (Å²) in [5.74, 6) is -0.379. The Morgan fingerprint density at radius 2 is 1.73 bits per heavy atom. The summed E-state index contributed by atoms with van der Waals surface area (Å²) in [6, 6.07) is 8.76. The molecular weight excluding hydrogens is 188 g/mol. The first kappa shape index (κ1) is 11.7. The van der Waals surface area contributed by atoms with E-state index in [-0.39, 0.29) is 5.91 Å². The lowest BCUT2D eigenvalue weighted by Crippen LogP contribution is -2.10. The predicted molar refractivity (Wildman–Crippen MR) is 61.7 cm³/mol. The van der Waals surface area contributed by atoms with Gasteiger partial charge in [-0.25, -0.2) is 0 Å². The van der Waals surface area contributed by atoms with Gasteiger partial charge in [-0.3, -0.25) is 4.79 Å². The van der Waals surface area contributed by atoms with E-state index in [0.29, 0.717) is 5.56 Å². The molecule has 1 aliphatic rings. The van der Waals surface area contributed by atoms with Crippen molar-refractivity contribution < 1.29 is 4.79 Å². The van der Waals surface area contributed by atoms with E-state index in [1.54, 1.807) is 24.3 Å². The molecule has 1 aliphatic heterocycles. The molecule has 1 aromatic rings. The van der Waals surface area contributed by atoms with Crippen molar-refractivity contribution in [3.63, 3.8) is 0 Å². The molecule has 15 heavy (non-hydrogen) atoms. The Morgan fingerprint density at radius 3 is 2.00 bits per heavy atom. The summed E-state index contributed by atoms with van der Waals surface area (Å²) in [7, 11) is 2.17. The van der Waals surface area contributed by atoms with Gasteiger partial charge >= 0.3 is 0 Å². The molecule has 1 heterocycles. The number of primary amides is 1. The lowest BCUT2D eigenvalue weighted by molar-refractivity contribution is 0.100. The van der Waals surface area contributed by atoms with Crippen LogP contribution in [0, 0.1) is 0 Å². The lowest BCUT2D eigenvalue weighted by Gasteiger charge is -2.01. The van der Waals surface area contributed by atoms with Gasteiger partial charge in [0.25, 0.3) is 0 Å². The molecule has 1 saturated heterocycles. The Morgan fingerprint density at radius 1 is 1.20 bits per heavy atom. The van der Waals surface area contributed by atoms with E-state index in [2.05, 4.69) is 11.9 Å². The summed E-state index contributed by atoms with van der Waals surface area (Å²) in [5.41, 5.74) is 5.53. The number of carbonyl (C=O) groups excluding carboxylic acids is 1. The summed E-state index contributed by atoms with van der Waals surface area (Å²) in [5, 5.41) is 0. The zero-order valence-corrected chi connectivity index (χ0v) is 9.15. The minimum absolute atomic E-state index is 0.379. The maximum absolute atomic E-state index is 10.4.